The Bertz CT molecular complexity index is 640. The van der Waals surface area contributed by atoms with Gasteiger partial charge in [-0.05, 0) is 26.0 Å². The van der Waals surface area contributed by atoms with E-state index >= 15 is 0 Å². The highest BCUT2D eigenvalue weighted by atomic mass is 16.4. The molecule has 0 aliphatic rings. The Morgan fingerprint density at radius 1 is 1.31 bits per heavy atom. The third-order valence-electron chi connectivity index (χ3n) is 2.56. The van der Waals surface area contributed by atoms with Crippen molar-refractivity contribution in [1.82, 2.24) is 4.98 Å². The molecule has 1 aromatic heterocycles. The van der Waals surface area contributed by atoms with Gasteiger partial charge in [-0.15, -0.1) is 0 Å². The van der Waals surface area contributed by atoms with Gasteiger partial charge in [-0.25, -0.2) is 4.79 Å². The maximum absolute atomic E-state index is 11.9. The van der Waals surface area contributed by atoms with E-state index in [1.165, 1.54) is 0 Å². The number of benzene rings is 1. The number of aryl methyl sites for hydroxylation is 2. The first-order chi connectivity index (χ1) is 7.50. The number of fused-ring (bicyclic) bond motifs is 1. The Morgan fingerprint density at radius 3 is 2.62 bits per heavy atom. The van der Waals surface area contributed by atoms with Gasteiger partial charge in [-0.2, -0.15) is 0 Å². The lowest BCUT2D eigenvalue weighted by Gasteiger charge is -2.04. The van der Waals surface area contributed by atoms with E-state index in [0.717, 1.165) is 5.56 Å². The Morgan fingerprint density at radius 2 is 2.00 bits per heavy atom. The molecule has 0 amide bonds. The van der Waals surface area contributed by atoms with Crippen LogP contribution in [0.1, 0.15) is 21.6 Å². The standard InChI is InChI=1S/C12H11NO3/c1-6-3-4-9-8(5-6)11(14)10(12(15)16)7(2)13-9/h3-5H,1-2H3,(H,13,14)(H,15,16). The molecule has 4 heteroatoms. The monoisotopic (exact) mass is 217 g/mol. The lowest BCUT2D eigenvalue weighted by atomic mass is 10.1. The van der Waals surface area contributed by atoms with Gasteiger partial charge in [0.15, 0.2) is 0 Å². The highest BCUT2D eigenvalue weighted by molar-refractivity contribution is 5.93. The van der Waals surface area contributed by atoms with Crippen LogP contribution in [0.15, 0.2) is 23.0 Å². The quantitative estimate of drug-likeness (QED) is 0.765. The van der Waals surface area contributed by atoms with Crippen molar-refractivity contribution in [3.63, 3.8) is 0 Å². The van der Waals surface area contributed by atoms with Gasteiger partial charge in [0, 0.05) is 16.6 Å². The maximum atomic E-state index is 11.9. The third-order valence-corrected chi connectivity index (χ3v) is 2.56. The van der Waals surface area contributed by atoms with E-state index in [2.05, 4.69) is 4.98 Å². The molecule has 1 aromatic carbocycles. The Balaban J connectivity index is 2.96. The van der Waals surface area contributed by atoms with Crippen LogP contribution < -0.4 is 5.43 Å². The first-order valence-corrected chi connectivity index (χ1v) is 4.87. The van der Waals surface area contributed by atoms with Crippen LogP contribution in [0.2, 0.25) is 0 Å². The van der Waals surface area contributed by atoms with Crippen LogP contribution in [-0.2, 0) is 0 Å². The van der Waals surface area contributed by atoms with Gasteiger partial charge in [-0.3, -0.25) is 4.79 Å². The zero-order valence-corrected chi connectivity index (χ0v) is 9.00. The second-order valence-corrected chi connectivity index (χ2v) is 3.81. The van der Waals surface area contributed by atoms with Crippen molar-refractivity contribution in [2.24, 2.45) is 0 Å². The molecule has 1 heterocycles. The van der Waals surface area contributed by atoms with Gasteiger partial charge < -0.3 is 10.1 Å². The SMILES string of the molecule is Cc1ccc2[nH]c(C)c(C(=O)O)c(=O)c2c1. The number of carboxylic acid groups (broad SMARTS) is 1. The lowest BCUT2D eigenvalue weighted by Crippen LogP contribution is -2.18. The van der Waals surface area contributed by atoms with E-state index in [1.54, 1.807) is 19.1 Å². The Labute approximate surface area is 91.5 Å². The van der Waals surface area contributed by atoms with Gasteiger partial charge >= 0.3 is 5.97 Å². The number of rotatable bonds is 1. The summed E-state index contributed by atoms with van der Waals surface area (Å²) in [6.45, 7) is 3.45. The summed E-state index contributed by atoms with van der Waals surface area (Å²) in [7, 11) is 0. The fourth-order valence-electron chi connectivity index (χ4n) is 1.78. The molecule has 2 aromatic rings. The van der Waals surface area contributed by atoms with Crippen molar-refractivity contribution in [1.29, 1.82) is 0 Å². The zero-order chi connectivity index (χ0) is 11.9. The number of hydrogen-bond acceptors (Lipinski definition) is 2. The van der Waals surface area contributed by atoms with Crippen LogP contribution in [0.4, 0.5) is 0 Å². The van der Waals surface area contributed by atoms with Crippen molar-refractivity contribution in [3.05, 3.63) is 45.2 Å². The average Bonchev–Trinajstić information content (AvgIpc) is 2.19. The molecule has 0 unspecified atom stereocenters. The predicted molar refractivity (Wildman–Crippen MR) is 61.0 cm³/mol. The molecule has 0 spiro atoms. The largest absolute Gasteiger partial charge is 0.477 e. The molecule has 4 nitrogen and oxygen atoms in total. The van der Waals surface area contributed by atoms with Crippen molar-refractivity contribution >= 4 is 16.9 Å². The molecule has 82 valence electrons. The number of aromatic carboxylic acids is 1. The number of carbonyl (C=O) groups is 1. The summed E-state index contributed by atoms with van der Waals surface area (Å²) in [6, 6.07) is 5.35. The molecule has 0 radical (unpaired) electrons. The van der Waals surface area contributed by atoms with Crippen LogP contribution in [-0.4, -0.2) is 16.1 Å². The molecule has 2 rings (SSSR count). The normalized spacial score (nSPS) is 10.6. The first-order valence-electron chi connectivity index (χ1n) is 4.87. The van der Waals surface area contributed by atoms with Crippen molar-refractivity contribution in [2.75, 3.05) is 0 Å². The van der Waals surface area contributed by atoms with Gasteiger partial charge in [0.1, 0.15) is 5.56 Å². The topological polar surface area (TPSA) is 70.2 Å². The number of aromatic amines is 1. The van der Waals surface area contributed by atoms with E-state index in [0.29, 0.717) is 16.6 Å². The van der Waals surface area contributed by atoms with Crippen molar-refractivity contribution in [2.45, 2.75) is 13.8 Å². The second-order valence-electron chi connectivity index (χ2n) is 3.81. The maximum Gasteiger partial charge on any atom is 0.341 e. The molecule has 0 atom stereocenters. The lowest BCUT2D eigenvalue weighted by molar-refractivity contribution is 0.0694. The van der Waals surface area contributed by atoms with Gasteiger partial charge in [0.25, 0.3) is 0 Å². The van der Waals surface area contributed by atoms with E-state index in [9.17, 15) is 9.59 Å². The molecule has 0 fully saturated rings. The smallest absolute Gasteiger partial charge is 0.341 e. The zero-order valence-electron chi connectivity index (χ0n) is 9.00. The highest BCUT2D eigenvalue weighted by Gasteiger charge is 2.15. The van der Waals surface area contributed by atoms with Gasteiger partial charge in [0.05, 0.1) is 0 Å². The summed E-state index contributed by atoms with van der Waals surface area (Å²) in [4.78, 5) is 25.8. The first kappa shape index (κ1) is 10.4. The van der Waals surface area contributed by atoms with Crippen LogP contribution in [0.25, 0.3) is 10.9 Å². The fourth-order valence-corrected chi connectivity index (χ4v) is 1.78. The van der Waals surface area contributed by atoms with Crippen LogP contribution in [0, 0.1) is 13.8 Å². The molecule has 2 N–H and O–H groups in total. The summed E-state index contributed by atoms with van der Waals surface area (Å²) in [5.41, 5.74) is 1.37. The Hall–Kier alpha value is -2.10. The molecular weight excluding hydrogens is 206 g/mol. The van der Waals surface area contributed by atoms with E-state index < -0.39 is 11.4 Å². The molecule has 0 aliphatic heterocycles. The summed E-state index contributed by atoms with van der Waals surface area (Å²) < 4.78 is 0. The molecule has 0 aliphatic carbocycles. The van der Waals surface area contributed by atoms with Crippen LogP contribution >= 0.6 is 0 Å². The molecular formula is C12H11NO3. The number of carboxylic acids is 1. The third kappa shape index (κ3) is 1.48. The van der Waals surface area contributed by atoms with Crippen LogP contribution in [0.5, 0.6) is 0 Å². The summed E-state index contributed by atoms with van der Waals surface area (Å²) in [5.74, 6) is -1.19. The minimum absolute atomic E-state index is 0.182. The minimum atomic E-state index is -1.19. The number of aromatic nitrogens is 1. The van der Waals surface area contributed by atoms with E-state index in [4.69, 9.17) is 5.11 Å². The molecule has 0 saturated carbocycles. The number of nitrogens with one attached hydrogen (secondary N) is 1. The average molecular weight is 217 g/mol. The van der Waals surface area contributed by atoms with Crippen molar-refractivity contribution < 1.29 is 9.90 Å². The van der Waals surface area contributed by atoms with Gasteiger partial charge in [-0.1, -0.05) is 11.6 Å². The number of hydrogen-bond donors (Lipinski definition) is 2. The van der Waals surface area contributed by atoms with E-state index in [1.807, 2.05) is 13.0 Å². The van der Waals surface area contributed by atoms with Gasteiger partial charge in [0.2, 0.25) is 5.43 Å². The fraction of sp³-hybridized carbons (Fsp3) is 0.167. The second kappa shape index (κ2) is 3.48. The number of H-pyrrole nitrogens is 1. The molecule has 0 saturated heterocycles. The minimum Gasteiger partial charge on any atom is -0.477 e. The summed E-state index contributed by atoms with van der Waals surface area (Å²) in [5, 5.41) is 9.37. The summed E-state index contributed by atoms with van der Waals surface area (Å²) in [6.07, 6.45) is 0. The Kier molecular flexibility index (Phi) is 2.27. The molecule has 0 bridgehead atoms. The summed E-state index contributed by atoms with van der Waals surface area (Å²) >= 11 is 0. The number of pyridine rings is 1. The highest BCUT2D eigenvalue weighted by Crippen LogP contribution is 2.13. The van der Waals surface area contributed by atoms with Crippen molar-refractivity contribution in [3.8, 4) is 0 Å². The van der Waals surface area contributed by atoms with Crippen LogP contribution in [0.3, 0.4) is 0 Å². The molecule has 16 heavy (non-hydrogen) atoms. The van der Waals surface area contributed by atoms with E-state index in [-0.39, 0.29) is 5.56 Å². The predicted octanol–water partition coefficient (Wildman–Crippen LogP) is 1.84.